The van der Waals surface area contributed by atoms with Gasteiger partial charge in [0.05, 0.1) is 28.7 Å². The van der Waals surface area contributed by atoms with Crippen molar-refractivity contribution in [3.63, 3.8) is 0 Å². The number of para-hydroxylation sites is 1. The number of amides is 1. The lowest BCUT2D eigenvalue weighted by atomic mass is 10.1. The van der Waals surface area contributed by atoms with Crippen LogP contribution in [0.2, 0.25) is 0 Å². The number of aromatic nitrogens is 3. The highest BCUT2D eigenvalue weighted by molar-refractivity contribution is 6.14. The molecule has 7 nitrogen and oxygen atoms in total. The summed E-state index contributed by atoms with van der Waals surface area (Å²) in [5, 5.41) is 2.05. The van der Waals surface area contributed by atoms with Gasteiger partial charge in [0.25, 0.3) is 0 Å². The van der Waals surface area contributed by atoms with Gasteiger partial charge in [-0.2, -0.15) is 0 Å². The summed E-state index contributed by atoms with van der Waals surface area (Å²) in [6.45, 7) is 0.479. The number of benzene rings is 4. The molecular weight excluding hydrogens is 483 g/mol. The van der Waals surface area contributed by atoms with E-state index in [2.05, 4.69) is 27.8 Å². The first kappa shape index (κ1) is 23.7. The van der Waals surface area contributed by atoms with E-state index >= 15 is 0 Å². The van der Waals surface area contributed by atoms with Gasteiger partial charge >= 0.3 is 0 Å². The fourth-order valence-electron chi connectivity index (χ4n) is 4.98. The number of imidazole rings is 1. The summed E-state index contributed by atoms with van der Waals surface area (Å²) < 4.78 is 27.9. The van der Waals surface area contributed by atoms with Gasteiger partial charge in [-0.25, -0.2) is 9.37 Å². The number of methoxy groups -OCH3 is 1. The molecule has 1 unspecified atom stereocenters. The molecule has 8 heteroatoms. The van der Waals surface area contributed by atoms with Crippen molar-refractivity contribution in [1.29, 1.82) is 0 Å². The Morgan fingerprint density at radius 1 is 1.03 bits per heavy atom. The van der Waals surface area contributed by atoms with Crippen molar-refractivity contribution in [3.05, 3.63) is 96.3 Å². The van der Waals surface area contributed by atoms with Crippen molar-refractivity contribution in [2.24, 2.45) is 5.73 Å². The molecule has 4 aromatic carbocycles. The third-order valence-electron chi connectivity index (χ3n) is 6.70. The van der Waals surface area contributed by atoms with E-state index in [1.165, 1.54) is 12.1 Å². The van der Waals surface area contributed by atoms with Crippen molar-refractivity contribution >= 4 is 38.7 Å². The highest BCUT2D eigenvalue weighted by Gasteiger charge is 2.23. The van der Waals surface area contributed by atoms with Crippen LogP contribution in [0.15, 0.2) is 84.9 Å². The van der Waals surface area contributed by atoms with Crippen molar-refractivity contribution < 1.29 is 18.7 Å². The number of ether oxygens (including phenoxy) is 2. The zero-order valence-corrected chi connectivity index (χ0v) is 20.6. The Bertz CT molecular complexity index is 1790. The molecule has 0 bridgehead atoms. The number of hydrogen-bond donors (Lipinski definition) is 2. The number of hydrogen-bond acceptors (Lipinski definition) is 4. The molecule has 6 aromatic rings. The Morgan fingerprint density at radius 3 is 2.61 bits per heavy atom. The highest BCUT2D eigenvalue weighted by atomic mass is 19.1. The summed E-state index contributed by atoms with van der Waals surface area (Å²) in [6.07, 6.45) is 0.174. The predicted octanol–water partition coefficient (Wildman–Crippen LogP) is 6.19. The van der Waals surface area contributed by atoms with E-state index in [-0.39, 0.29) is 5.82 Å². The van der Waals surface area contributed by atoms with Crippen LogP contribution in [0, 0.1) is 5.82 Å². The predicted molar refractivity (Wildman–Crippen MR) is 146 cm³/mol. The third kappa shape index (κ3) is 4.14. The second kappa shape index (κ2) is 9.64. The zero-order valence-electron chi connectivity index (χ0n) is 20.6. The van der Waals surface area contributed by atoms with E-state index in [1.807, 2.05) is 24.3 Å². The summed E-state index contributed by atoms with van der Waals surface area (Å²) in [5.74, 6) is 0.466. The number of primary amides is 1. The van der Waals surface area contributed by atoms with E-state index in [0.29, 0.717) is 41.2 Å². The Morgan fingerprint density at radius 2 is 1.82 bits per heavy atom. The molecule has 1 amide bonds. The van der Waals surface area contributed by atoms with Crippen LogP contribution < -0.4 is 10.5 Å². The summed E-state index contributed by atoms with van der Waals surface area (Å²) >= 11 is 0. The second-order valence-corrected chi connectivity index (χ2v) is 9.08. The number of halogens is 1. The van der Waals surface area contributed by atoms with Gasteiger partial charge in [-0.05, 0) is 54.6 Å². The Hall–Kier alpha value is -4.69. The van der Waals surface area contributed by atoms with Gasteiger partial charge in [-0.15, -0.1) is 0 Å². The second-order valence-electron chi connectivity index (χ2n) is 9.08. The Balaban J connectivity index is 1.53. The fourth-order valence-corrected chi connectivity index (χ4v) is 4.98. The maximum Gasteiger partial charge on any atom is 0.248 e. The maximum atomic E-state index is 13.8. The van der Waals surface area contributed by atoms with Gasteiger partial charge in [0.2, 0.25) is 5.91 Å². The molecule has 0 radical (unpaired) electrons. The number of nitrogens with zero attached hydrogens (tertiary/aromatic N) is 2. The zero-order chi connectivity index (χ0) is 26.2. The minimum absolute atomic E-state index is 0.315. The number of nitrogens with one attached hydrogen (secondary N) is 1. The van der Waals surface area contributed by atoms with Crippen molar-refractivity contribution in [3.8, 4) is 17.1 Å². The number of aromatic amines is 1. The van der Waals surface area contributed by atoms with E-state index in [4.69, 9.17) is 20.2 Å². The average molecular weight is 509 g/mol. The molecule has 0 fully saturated rings. The lowest BCUT2D eigenvalue weighted by Crippen LogP contribution is -2.18. The summed E-state index contributed by atoms with van der Waals surface area (Å²) in [4.78, 5) is 19.6. The van der Waals surface area contributed by atoms with Crippen LogP contribution in [0.5, 0.6) is 5.75 Å². The van der Waals surface area contributed by atoms with E-state index < -0.39 is 12.1 Å². The molecule has 2 heterocycles. The first-order valence-corrected chi connectivity index (χ1v) is 12.3. The topological polar surface area (TPSA) is 95.2 Å². The molecule has 3 N–H and O–H groups in total. The van der Waals surface area contributed by atoms with Crippen molar-refractivity contribution in [1.82, 2.24) is 14.5 Å². The normalized spacial score (nSPS) is 12.4. The fraction of sp³-hybridized carbons (Fsp3) is 0.133. The molecule has 0 aliphatic rings. The molecule has 1 atom stereocenters. The quantitative estimate of drug-likeness (QED) is 0.256. The highest BCUT2D eigenvalue weighted by Crippen LogP contribution is 2.39. The number of H-pyrrole nitrogens is 1. The minimum atomic E-state index is -0.490. The largest absolute Gasteiger partial charge is 0.470 e. The third-order valence-corrected chi connectivity index (χ3v) is 6.70. The monoisotopic (exact) mass is 508 g/mol. The number of fused-ring (bicyclic) bond motifs is 4. The van der Waals surface area contributed by atoms with Gasteiger partial charge in [-0.1, -0.05) is 30.3 Å². The lowest BCUT2D eigenvalue weighted by molar-refractivity contribution is 0.0867. The molecule has 38 heavy (non-hydrogen) atoms. The molecule has 2 aromatic heterocycles. The summed E-state index contributed by atoms with van der Waals surface area (Å²) in [7, 11) is 1.66. The van der Waals surface area contributed by atoms with Crippen LogP contribution >= 0.6 is 0 Å². The van der Waals surface area contributed by atoms with Gasteiger partial charge in [-0.3, -0.25) is 4.79 Å². The standard InChI is InChI=1S/C30H25FN4O3/c1-37-16-15-27(38-20-12-9-18(10-13-20)29(32)36)35-25-7-3-2-5-21(25)28-22(6-4-8-26(28)35)30-33-23-14-11-19(31)17-24(23)34-30/h2-14,17,27H,15-16H2,1H3,(H2,32,36)(H,33,34). The Labute approximate surface area is 217 Å². The van der Waals surface area contributed by atoms with Gasteiger partial charge in [0.1, 0.15) is 17.4 Å². The van der Waals surface area contributed by atoms with Crippen LogP contribution in [0.3, 0.4) is 0 Å². The molecule has 190 valence electrons. The van der Waals surface area contributed by atoms with E-state index in [1.54, 1.807) is 37.4 Å². The van der Waals surface area contributed by atoms with Gasteiger partial charge in [0, 0.05) is 35.4 Å². The maximum absolute atomic E-state index is 13.8. The van der Waals surface area contributed by atoms with Crippen LogP contribution in [0.25, 0.3) is 44.2 Å². The van der Waals surface area contributed by atoms with Crippen LogP contribution in [0.1, 0.15) is 23.0 Å². The molecule has 0 spiro atoms. The van der Waals surface area contributed by atoms with Crippen LogP contribution in [-0.2, 0) is 4.74 Å². The van der Waals surface area contributed by atoms with Crippen molar-refractivity contribution in [2.45, 2.75) is 12.6 Å². The van der Waals surface area contributed by atoms with Crippen LogP contribution in [0.4, 0.5) is 4.39 Å². The van der Waals surface area contributed by atoms with E-state index in [9.17, 15) is 9.18 Å². The number of nitrogens with two attached hydrogens (primary N) is 1. The number of carbonyl (C=O) groups is 1. The first-order chi connectivity index (χ1) is 18.5. The van der Waals surface area contributed by atoms with E-state index in [0.717, 1.165) is 27.4 Å². The van der Waals surface area contributed by atoms with Crippen molar-refractivity contribution in [2.75, 3.05) is 13.7 Å². The first-order valence-electron chi connectivity index (χ1n) is 12.3. The number of rotatable bonds is 8. The summed E-state index contributed by atoms with van der Waals surface area (Å²) in [6, 6.07) is 25.5. The molecular formula is C30H25FN4O3. The smallest absolute Gasteiger partial charge is 0.248 e. The molecule has 0 aliphatic carbocycles. The average Bonchev–Trinajstić information content (AvgIpc) is 3.50. The lowest BCUT2D eigenvalue weighted by Gasteiger charge is -2.23. The Kier molecular flexibility index (Phi) is 6.01. The summed E-state index contributed by atoms with van der Waals surface area (Å²) in [5.41, 5.74) is 10.0. The minimum Gasteiger partial charge on any atom is -0.470 e. The van der Waals surface area contributed by atoms with Gasteiger partial charge in [0.15, 0.2) is 6.23 Å². The van der Waals surface area contributed by atoms with Crippen LogP contribution in [-0.4, -0.2) is 34.2 Å². The SMILES string of the molecule is COCCC(Oc1ccc(C(N)=O)cc1)n1c2ccccc2c2c(-c3nc4ccc(F)cc4[nH]3)cccc21. The molecule has 0 aliphatic heterocycles. The molecule has 0 saturated carbocycles. The number of carbonyl (C=O) groups excluding carboxylic acids is 1. The molecule has 0 saturated heterocycles. The van der Waals surface area contributed by atoms with Gasteiger partial charge < -0.3 is 24.8 Å². The molecule has 6 rings (SSSR count).